The standard InChI is InChI=1S/C10H19NO2/c1-8(2)7-11-10(5-4-6-10)9(12)13-3/h8,11H,4-7H2,1-3H3. The van der Waals surface area contributed by atoms with Gasteiger partial charge in [-0.3, -0.25) is 4.79 Å². The van der Waals surface area contributed by atoms with Gasteiger partial charge in [0.1, 0.15) is 5.54 Å². The maximum absolute atomic E-state index is 11.4. The molecule has 1 rings (SSSR count). The molecule has 0 heterocycles. The Labute approximate surface area is 79.8 Å². The summed E-state index contributed by atoms with van der Waals surface area (Å²) in [6.45, 7) is 5.16. The van der Waals surface area contributed by atoms with Crippen molar-refractivity contribution in [1.82, 2.24) is 5.32 Å². The lowest BCUT2D eigenvalue weighted by Gasteiger charge is -2.40. The van der Waals surface area contributed by atoms with Crippen LogP contribution in [-0.4, -0.2) is 25.2 Å². The Morgan fingerprint density at radius 2 is 2.15 bits per heavy atom. The molecule has 1 aliphatic rings. The molecule has 0 aromatic carbocycles. The van der Waals surface area contributed by atoms with Gasteiger partial charge in [-0.05, 0) is 31.7 Å². The predicted octanol–water partition coefficient (Wildman–Crippen LogP) is 1.33. The number of esters is 1. The topological polar surface area (TPSA) is 38.3 Å². The largest absolute Gasteiger partial charge is 0.468 e. The minimum atomic E-state index is -0.348. The van der Waals surface area contributed by atoms with E-state index in [-0.39, 0.29) is 11.5 Å². The zero-order valence-corrected chi connectivity index (χ0v) is 8.72. The van der Waals surface area contributed by atoms with Crippen LogP contribution in [0.3, 0.4) is 0 Å². The van der Waals surface area contributed by atoms with Gasteiger partial charge in [0.05, 0.1) is 7.11 Å². The number of ether oxygens (including phenoxy) is 1. The molecule has 76 valence electrons. The zero-order chi connectivity index (χ0) is 9.90. The van der Waals surface area contributed by atoms with Gasteiger partial charge >= 0.3 is 5.97 Å². The van der Waals surface area contributed by atoms with Crippen molar-refractivity contribution >= 4 is 5.97 Å². The van der Waals surface area contributed by atoms with E-state index in [0.717, 1.165) is 25.8 Å². The summed E-state index contributed by atoms with van der Waals surface area (Å²) < 4.78 is 4.79. The lowest BCUT2D eigenvalue weighted by molar-refractivity contribution is -0.152. The summed E-state index contributed by atoms with van der Waals surface area (Å²) in [6.07, 6.45) is 2.97. The lowest BCUT2D eigenvalue weighted by Crippen LogP contribution is -2.58. The van der Waals surface area contributed by atoms with Gasteiger partial charge in [0.25, 0.3) is 0 Å². The summed E-state index contributed by atoms with van der Waals surface area (Å²) in [5.41, 5.74) is -0.348. The van der Waals surface area contributed by atoms with E-state index in [2.05, 4.69) is 19.2 Å². The number of rotatable bonds is 4. The van der Waals surface area contributed by atoms with Crippen molar-refractivity contribution in [2.45, 2.75) is 38.6 Å². The van der Waals surface area contributed by atoms with Crippen LogP contribution < -0.4 is 5.32 Å². The molecular weight excluding hydrogens is 166 g/mol. The quantitative estimate of drug-likeness (QED) is 0.671. The first kappa shape index (κ1) is 10.5. The van der Waals surface area contributed by atoms with E-state index in [1.165, 1.54) is 7.11 Å². The monoisotopic (exact) mass is 185 g/mol. The van der Waals surface area contributed by atoms with Crippen LogP contribution in [0.4, 0.5) is 0 Å². The number of carbonyl (C=O) groups is 1. The molecule has 1 N–H and O–H groups in total. The second-order valence-electron chi connectivity index (χ2n) is 4.20. The summed E-state index contributed by atoms with van der Waals surface area (Å²) in [7, 11) is 1.46. The molecule has 1 fully saturated rings. The Bertz CT molecular complexity index is 185. The molecule has 0 saturated heterocycles. The maximum Gasteiger partial charge on any atom is 0.326 e. The molecule has 13 heavy (non-hydrogen) atoms. The molecule has 0 aliphatic heterocycles. The molecule has 0 unspecified atom stereocenters. The number of methoxy groups -OCH3 is 1. The first-order valence-corrected chi connectivity index (χ1v) is 4.94. The van der Waals surface area contributed by atoms with Crippen molar-refractivity contribution in [3.63, 3.8) is 0 Å². The van der Waals surface area contributed by atoms with Crippen molar-refractivity contribution in [1.29, 1.82) is 0 Å². The molecule has 0 aromatic rings. The molecule has 1 aliphatic carbocycles. The number of hydrogen-bond donors (Lipinski definition) is 1. The van der Waals surface area contributed by atoms with E-state index < -0.39 is 0 Å². The average molecular weight is 185 g/mol. The SMILES string of the molecule is COC(=O)C1(NCC(C)C)CCC1. The van der Waals surface area contributed by atoms with E-state index in [1.54, 1.807) is 0 Å². The molecule has 0 bridgehead atoms. The fraction of sp³-hybridized carbons (Fsp3) is 0.900. The van der Waals surface area contributed by atoms with Crippen LogP contribution >= 0.6 is 0 Å². The van der Waals surface area contributed by atoms with Crippen LogP contribution in [0.15, 0.2) is 0 Å². The van der Waals surface area contributed by atoms with Crippen LogP contribution in [0.5, 0.6) is 0 Å². The third-order valence-corrected chi connectivity index (χ3v) is 2.63. The van der Waals surface area contributed by atoms with Crippen molar-refractivity contribution in [3.05, 3.63) is 0 Å². The molecule has 0 amide bonds. The van der Waals surface area contributed by atoms with Gasteiger partial charge in [0.2, 0.25) is 0 Å². The normalized spacial score (nSPS) is 19.7. The van der Waals surface area contributed by atoms with Gasteiger partial charge in [0.15, 0.2) is 0 Å². The second kappa shape index (κ2) is 4.09. The Balaban J connectivity index is 2.45. The van der Waals surface area contributed by atoms with Gasteiger partial charge in [-0.2, -0.15) is 0 Å². The lowest BCUT2D eigenvalue weighted by atomic mass is 9.76. The summed E-state index contributed by atoms with van der Waals surface area (Å²) in [5, 5.41) is 3.31. The second-order valence-corrected chi connectivity index (χ2v) is 4.20. The van der Waals surface area contributed by atoms with Crippen molar-refractivity contribution in [2.24, 2.45) is 5.92 Å². The van der Waals surface area contributed by atoms with E-state index in [9.17, 15) is 4.79 Å². The fourth-order valence-corrected chi connectivity index (χ4v) is 1.58. The van der Waals surface area contributed by atoms with Crippen LogP contribution in [0, 0.1) is 5.92 Å². The minimum Gasteiger partial charge on any atom is -0.468 e. The van der Waals surface area contributed by atoms with Gasteiger partial charge in [-0.15, -0.1) is 0 Å². The highest BCUT2D eigenvalue weighted by Crippen LogP contribution is 2.32. The summed E-state index contributed by atoms with van der Waals surface area (Å²) in [5.74, 6) is 0.474. The van der Waals surface area contributed by atoms with Crippen molar-refractivity contribution in [2.75, 3.05) is 13.7 Å². The molecule has 0 spiro atoms. The Morgan fingerprint density at radius 3 is 2.46 bits per heavy atom. The number of nitrogens with one attached hydrogen (secondary N) is 1. The van der Waals surface area contributed by atoms with Crippen LogP contribution in [0.25, 0.3) is 0 Å². The molecule has 0 radical (unpaired) electrons. The number of hydrogen-bond acceptors (Lipinski definition) is 3. The molecule has 3 heteroatoms. The smallest absolute Gasteiger partial charge is 0.326 e. The summed E-state index contributed by atoms with van der Waals surface area (Å²) >= 11 is 0. The van der Waals surface area contributed by atoms with E-state index in [4.69, 9.17) is 4.74 Å². The van der Waals surface area contributed by atoms with Crippen molar-refractivity contribution in [3.8, 4) is 0 Å². The van der Waals surface area contributed by atoms with Crippen LogP contribution in [0.2, 0.25) is 0 Å². The fourth-order valence-electron chi connectivity index (χ4n) is 1.58. The molecule has 0 aromatic heterocycles. The highest BCUT2D eigenvalue weighted by Gasteiger charge is 2.44. The van der Waals surface area contributed by atoms with Gasteiger partial charge in [-0.1, -0.05) is 13.8 Å². The van der Waals surface area contributed by atoms with Gasteiger partial charge < -0.3 is 10.1 Å². The Morgan fingerprint density at radius 1 is 1.54 bits per heavy atom. The molecule has 1 saturated carbocycles. The van der Waals surface area contributed by atoms with Gasteiger partial charge in [-0.25, -0.2) is 0 Å². The summed E-state index contributed by atoms with van der Waals surface area (Å²) in [6, 6.07) is 0. The first-order valence-electron chi connectivity index (χ1n) is 4.94. The third kappa shape index (κ3) is 2.21. The van der Waals surface area contributed by atoms with Crippen LogP contribution in [0.1, 0.15) is 33.1 Å². The highest BCUT2D eigenvalue weighted by atomic mass is 16.5. The predicted molar refractivity (Wildman–Crippen MR) is 51.4 cm³/mol. The van der Waals surface area contributed by atoms with Crippen LogP contribution in [-0.2, 0) is 9.53 Å². The Kier molecular flexibility index (Phi) is 3.31. The van der Waals surface area contributed by atoms with E-state index in [0.29, 0.717) is 5.92 Å². The molecule has 0 atom stereocenters. The molecule has 3 nitrogen and oxygen atoms in total. The summed E-state index contributed by atoms with van der Waals surface area (Å²) in [4.78, 5) is 11.4. The highest BCUT2D eigenvalue weighted by molar-refractivity contribution is 5.81. The average Bonchev–Trinajstić information content (AvgIpc) is 2.01. The minimum absolute atomic E-state index is 0.0978. The van der Waals surface area contributed by atoms with Crippen molar-refractivity contribution < 1.29 is 9.53 Å². The van der Waals surface area contributed by atoms with Gasteiger partial charge in [0, 0.05) is 0 Å². The Hall–Kier alpha value is -0.570. The molecular formula is C10H19NO2. The zero-order valence-electron chi connectivity index (χ0n) is 8.72. The maximum atomic E-state index is 11.4. The van der Waals surface area contributed by atoms with E-state index in [1.807, 2.05) is 0 Å². The first-order chi connectivity index (χ1) is 6.10. The number of carbonyl (C=O) groups excluding carboxylic acids is 1. The van der Waals surface area contributed by atoms with E-state index >= 15 is 0 Å². The third-order valence-electron chi connectivity index (χ3n) is 2.63.